The molecule has 0 bridgehead atoms. The molecular weight excluding hydrogens is 622 g/mol. The number of rotatable bonds is 14. The van der Waals surface area contributed by atoms with Crippen molar-refractivity contribution in [2.75, 3.05) is 24.5 Å². The molecule has 242 valence electrons. The van der Waals surface area contributed by atoms with Crippen LogP contribution in [0.15, 0.2) is 108 Å². The first-order chi connectivity index (χ1) is 22.0. The Bertz CT molecular complexity index is 1710. The number of methoxy groups -OCH3 is 1. The Morgan fingerprint density at radius 3 is 2.11 bits per heavy atom. The second kappa shape index (κ2) is 15.8. The third kappa shape index (κ3) is 8.89. The first-order valence-electron chi connectivity index (χ1n) is 15.1. The maximum absolute atomic E-state index is 14.6. The van der Waals surface area contributed by atoms with E-state index in [-0.39, 0.29) is 41.1 Å². The van der Waals surface area contributed by atoms with Gasteiger partial charge in [0, 0.05) is 24.5 Å². The highest BCUT2D eigenvalue weighted by atomic mass is 35.5. The van der Waals surface area contributed by atoms with Crippen LogP contribution in [0.5, 0.6) is 5.75 Å². The molecule has 0 fully saturated rings. The second-order valence-corrected chi connectivity index (χ2v) is 13.8. The molecule has 4 aromatic carbocycles. The average molecular weight is 662 g/mol. The summed E-state index contributed by atoms with van der Waals surface area (Å²) in [6.45, 7) is 5.74. The Balaban J connectivity index is 1.82. The highest BCUT2D eigenvalue weighted by Crippen LogP contribution is 2.33. The highest BCUT2D eigenvalue weighted by Gasteiger charge is 2.35. The third-order valence-electron chi connectivity index (χ3n) is 7.46. The van der Waals surface area contributed by atoms with Crippen molar-refractivity contribution >= 4 is 39.1 Å². The number of carbonyl (C=O) groups is 2. The van der Waals surface area contributed by atoms with E-state index in [0.717, 1.165) is 21.0 Å². The van der Waals surface area contributed by atoms with E-state index in [9.17, 15) is 18.0 Å². The molecule has 1 N–H and O–H groups in total. The minimum Gasteiger partial charge on any atom is -0.495 e. The van der Waals surface area contributed by atoms with E-state index in [1.807, 2.05) is 51.1 Å². The topological polar surface area (TPSA) is 96.0 Å². The molecule has 0 saturated carbocycles. The zero-order chi connectivity index (χ0) is 33.3. The summed E-state index contributed by atoms with van der Waals surface area (Å²) in [4.78, 5) is 29.9. The van der Waals surface area contributed by atoms with Crippen LogP contribution in [-0.4, -0.2) is 51.4 Å². The highest BCUT2D eigenvalue weighted by molar-refractivity contribution is 7.92. The molecule has 4 rings (SSSR count). The Kier molecular flexibility index (Phi) is 11.8. The summed E-state index contributed by atoms with van der Waals surface area (Å²) < 4.78 is 35.1. The lowest BCUT2D eigenvalue weighted by Crippen LogP contribution is -2.53. The van der Waals surface area contributed by atoms with Gasteiger partial charge in [0.15, 0.2) is 0 Å². The minimum atomic E-state index is -4.25. The maximum atomic E-state index is 14.6. The fraction of sp³-hybridized carbons (Fsp3) is 0.278. The molecule has 8 nitrogen and oxygen atoms in total. The van der Waals surface area contributed by atoms with Gasteiger partial charge in [-0.05, 0) is 60.4 Å². The molecule has 0 aliphatic heterocycles. The van der Waals surface area contributed by atoms with Gasteiger partial charge in [0.25, 0.3) is 10.0 Å². The van der Waals surface area contributed by atoms with Gasteiger partial charge in [0.2, 0.25) is 11.8 Å². The lowest BCUT2D eigenvalue weighted by Gasteiger charge is -2.34. The summed E-state index contributed by atoms with van der Waals surface area (Å²) in [5.74, 6) is -0.421. The van der Waals surface area contributed by atoms with Crippen LogP contribution in [0.2, 0.25) is 5.02 Å². The van der Waals surface area contributed by atoms with Crippen molar-refractivity contribution < 1.29 is 22.7 Å². The van der Waals surface area contributed by atoms with Crippen LogP contribution in [0, 0.1) is 12.8 Å². The standard InChI is InChI=1S/C36H40ClN3O5S/c1-26(2)23-38-36(42)33(22-28-10-6-5-7-11-28)39(24-29-16-18-30(37)19-17-29)35(41)25-40(32-12-8-9-13-34(32)45-4)46(43,44)31-20-14-27(3)15-21-31/h5-21,26,33H,22-25H2,1-4H3,(H,38,42)/t33-/m1/s1. The zero-order valence-corrected chi connectivity index (χ0v) is 28.1. The molecule has 46 heavy (non-hydrogen) atoms. The van der Waals surface area contributed by atoms with E-state index in [2.05, 4.69) is 5.32 Å². The molecule has 0 unspecified atom stereocenters. The Morgan fingerprint density at radius 1 is 0.848 bits per heavy atom. The number of amides is 2. The van der Waals surface area contributed by atoms with E-state index < -0.39 is 28.5 Å². The minimum absolute atomic E-state index is 0.0246. The summed E-state index contributed by atoms with van der Waals surface area (Å²) >= 11 is 6.16. The molecule has 0 radical (unpaired) electrons. The van der Waals surface area contributed by atoms with Gasteiger partial charge in [-0.15, -0.1) is 0 Å². The number of halogens is 1. The molecule has 1 atom stereocenters. The second-order valence-electron chi connectivity index (χ2n) is 11.5. The largest absolute Gasteiger partial charge is 0.495 e. The fourth-order valence-electron chi connectivity index (χ4n) is 4.95. The van der Waals surface area contributed by atoms with Crippen molar-refractivity contribution in [1.82, 2.24) is 10.2 Å². The molecule has 4 aromatic rings. The number of ether oxygens (including phenoxy) is 1. The smallest absolute Gasteiger partial charge is 0.264 e. The summed E-state index contributed by atoms with van der Waals surface area (Å²) in [5, 5.41) is 3.52. The molecule has 0 saturated heterocycles. The Labute approximate surface area is 277 Å². The summed E-state index contributed by atoms with van der Waals surface area (Å²) in [5.41, 5.74) is 2.69. The molecule has 10 heteroatoms. The van der Waals surface area contributed by atoms with Gasteiger partial charge in [0.05, 0.1) is 17.7 Å². The lowest BCUT2D eigenvalue weighted by molar-refractivity contribution is -0.140. The number of nitrogens with one attached hydrogen (secondary N) is 1. The van der Waals surface area contributed by atoms with Crippen LogP contribution >= 0.6 is 11.6 Å². The van der Waals surface area contributed by atoms with Crippen LogP contribution in [0.1, 0.15) is 30.5 Å². The number of nitrogens with zero attached hydrogens (tertiary/aromatic N) is 2. The monoisotopic (exact) mass is 661 g/mol. The number of para-hydroxylation sites is 2. The van der Waals surface area contributed by atoms with Crippen molar-refractivity contribution in [3.8, 4) is 5.75 Å². The molecule has 2 amide bonds. The third-order valence-corrected chi connectivity index (χ3v) is 9.49. The molecule has 0 aliphatic rings. The van der Waals surface area contributed by atoms with E-state index in [1.165, 1.54) is 24.1 Å². The van der Waals surface area contributed by atoms with Crippen molar-refractivity contribution in [2.24, 2.45) is 5.92 Å². The Hall–Kier alpha value is -4.34. The van der Waals surface area contributed by atoms with Gasteiger partial charge in [-0.1, -0.05) is 97.7 Å². The molecule has 0 aromatic heterocycles. The lowest BCUT2D eigenvalue weighted by atomic mass is 10.0. The summed E-state index contributed by atoms with van der Waals surface area (Å²) in [7, 11) is -2.81. The average Bonchev–Trinajstić information content (AvgIpc) is 3.05. The van der Waals surface area contributed by atoms with Crippen LogP contribution < -0.4 is 14.4 Å². The first kappa shape index (κ1) is 34.5. The quantitative estimate of drug-likeness (QED) is 0.172. The van der Waals surface area contributed by atoms with Crippen molar-refractivity contribution in [2.45, 2.75) is 44.7 Å². The van der Waals surface area contributed by atoms with Gasteiger partial charge in [0.1, 0.15) is 18.3 Å². The van der Waals surface area contributed by atoms with E-state index in [4.69, 9.17) is 16.3 Å². The molecular formula is C36H40ClN3O5S. The van der Waals surface area contributed by atoms with Crippen LogP contribution in [0.25, 0.3) is 0 Å². The van der Waals surface area contributed by atoms with E-state index in [0.29, 0.717) is 11.6 Å². The number of benzene rings is 4. The number of anilines is 1. The number of sulfonamides is 1. The normalized spacial score (nSPS) is 12.0. The first-order valence-corrected chi connectivity index (χ1v) is 16.9. The maximum Gasteiger partial charge on any atom is 0.264 e. The predicted octanol–water partition coefficient (Wildman–Crippen LogP) is 6.26. The Morgan fingerprint density at radius 2 is 1.48 bits per heavy atom. The van der Waals surface area contributed by atoms with Crippen molar-refractivity contribution in [3.63, 3.8) is 0 Å². The van der Waals surface area contributed by atoms with Crippen LogP contribution in [-0.2, 0) is 32.6 Å². The van der Waals surface area contributed by atoms with Crippen LogP contribution in [0.4, 0.5) is 5.69 Å². The summed E-state index contributed by atoms with van der Waals surface area (Å²) in [6.07, 6.45) is 0.226. The van der Waals surface area contributed by atoms with E-state index in [1.54, 1.807) is 60.7 Å². The fourth-order valence-corrected chi connectivity index (χ4v) is 6.50. The van der Waals surface area contributed by atoms with Gasteiger partial charge < -0.3 is 15.0 Å². The number of hydrogen-bond donors (Lipinski definition) is 1. The van der Waals surface area contributed by atoms with Crippen molar-refractivity contribution in [1.29, 1.82) is 0 Å². The molecule has 0 spiro atoms. The number of carbonyl (C=O) groups excluding carboxylic acids is 2. The van der Waals surface area contributed by atoms with Crippen molar-refractivity contribution in [3.05, 3.63) is 125 Å². The molecule has 0 heterocycles. The van der Waals surface area contributed by atoms with Crippen LogP contribution in [0.3, 0.4) is 0 Å². The SMILES string of the molecule is COc1ccccc1N(CC(=O)N(Cc1ccc(Cl)cc1)[C@H](Cc1ccccc1)C(=O)NCC(C)C)S(=O)(=O)c1ccc(C)cc1. The zero-order valence-electron chi connectivity index (χ0n) is 26.5. The van der Waals surface area contributed by atoms with Gasteiger partial charge >= 0.3 is 0 Å². The predicted molar refractivity (Wildman–Crippen MR) is 182 cm³/mol. The summed E-state index contributed by atoms with van der Waals surface area (Å²) in [6, 6.07) is 28.6. The molecule has 0 aliphatic carbocycles. The van der Waals surface area contributed by atoms with Gasteiger partial charge in [-0.2, -0.15) is 0 Å². The van der Waals surface area contributed by atoms with Gasteiger partial charge in [-0.3, -0.25) is 13.9 Å². The van der Waals surface area contributed by atoms with E-state index >= 15 is 0 Å². The number of hydrogen-bond acceptors (Lipinski definition) is 5. The number of aryl methyl sites for hydroxylation is 1. The van der Waals surface area contributed by atoms with Gasteiger partial charge in [-0.25, -0.2) is 8.42 Å².